The van der Waals surface area contributed by atoms with Crippen LogP contribution < -0.4 is 5.56 Å². The number of esters is 1. The van der Waals surface area contributed by atoms with Gasteiger partial charge >= 0.3 is 5.97 Å². The number of aryl methyl sites for hydroxylation is 2. The lowest BCUT2D eigenvalue weighted by Crippen LogP contribution is -2.24. The van der Waals surface area contributed by atoms with Crippen molar-refractivity contribution >= 4 is 22.5 Å². The Bertz CT molecular complexity index is 1170. The van der Waals surface area contributed by atoms with Gasteiger partial charge in [-0.25, -0.2) is 9.48 Å². The van der Waals surface area contributed by atoms with Crippen LogP contribution in [0.3, 0.4) is 0 Å². The van der Waals surface area contributed by atoms with Gasteiger partial charge in [0.15, 0.2) is 12.3 Å². The number of carbonyl (C=O) groups excluding carboxylic acids is 2. The summed E-state index contributed by atoms with van der Waals surface area (Å²) in [5.74, 6) is -0.973. The SMILES string of the molecule is Cc1cc(C(=O)COC(=O)c2nn(C)c(=O)c3ccccc23)c(C)n1C1CC1. The van der Waals surface area contributed by atoms with E-state index in [1.54, 1.807) is 24.3 Å². The quantitative estimate of drug-likeness (QED) is 0.503. The Hall–Kier alpha value is -3.22. The molecule has 1 aliphatic carbocycles. The van der Waals surface area contributed by atoms with Gasteiger partial charge in [-0.05, 0) is 38.8 Å². The first-order chi connectivity index (χ1) is 13.4. The zero-order chi connectivity index (χ0) is 20.0. The second-order valence-corrected chi connectivity index (χ2v) is 7.21. The number of benzene rings is 1. The third-order valence-corrected chi connectivity index (χ3v) is 5.18. The molecular formula is C21H21N3O4. The monoisotopic (exact) mass is 379 g/mol. The number of fused-ring (bicyclic) bond motifs is 1. The number of carbonyl (C=O) groups is 2. The lowest BCUT2D eigenvalue weighted by molar-refractivity contribution is 0.0468. The molecule has 0 spiro atoms. The molecule has 4 rings (SSSR count). The van der Waals surface area contributed by atoms with Gasteiger partial charge in [-0.15, -0.1) is 0 Å². The zero-order valence-corrected chi connectivity index (χ0v) is 16.1. The van der Waals surface area contributed by atoms with E-state index >= 15 is 0 Å². The number of hydrogen-bond donors (Lipinski definition) is 0. The van der Waals surface area contributed by atoms with Crippen LogP contribution in [0.5, 0.6) is 0 Å². The van der Waals surface area contributed by atoms with Crippen molar-refractivity contribution in [3.8, 4) is 0 Å². The van der Waals surface area contributed by atoms with E-state index in [9.17, 15) is 14.4 Å². The van der Waals surface area contributed by atoms with Gasteiger partial charge in [0.2, 0.25) is 5.78 Å². The molecule has 0 N–H and O–H groups in total. The molecule has 0 unspecified atom stereocenters. The van der Waals surface area contributed by atoms with Crippen molar-refractivity contribution in [3.05, 3.63) is 63.3 Å². The molecule has 2 aromatic heterocycles. The summed E-state index contributed by atoms with van der Waals surface area (Å²) in [6.45, 7) is 3.53. The first-order valence-corrected chi connectivity index (χ1v) is 9.23. The minimum absolute atomic E-state index is 0.0222. The second kappa shape index (κ2) is 6.74. The average Bonchev–Trinajstić information content (AvgIpc) is 3.47. The highest BCUT2D eigenvalue weighted by Gasteiger charge is 2.28. The van der Waals surface area contributed by atoms with Crippen molar-refractivity contribution in [2.75, 3.05) is 6.61 Å². The zero-order valence-electron chi connectivity index (χ0n) is 16.1. The van der Waals surface area contributed by atoms with Gasteiger partial charge in [0, 0.05) is 35.4 Å². The predicted octanol–water partition coefficient (Wildman–Crippen LogP) is 2.73. The lowest BCUT2D eigenvalue weighted by Gasteiger charge is -2.09. The largest absolute Gasteiger partial charge is 0.452 e. The van der Waals surface area contributed by atoms with E-state index in [-0.39, 0.29) is 23.6 Å². The topological polar surface area (TPSA) is 83.2 Å². The van der Waals surface area contributed by atoms with Crippen LogP contribution in [0.4, 0.5) is 0 Å². The van der Waals surface area contributed by atoms with Gasteiger partial charge in [-0.2, -0.15) is 5.10 Å². The smallest absolute Gasteiger partial charge is 0.359 e. The maximum atomic E-state index is 12.6. The Kier molecular flexibility index (Phi) is 4.37. The molecule has 1 saturated carbocycles. The summed E-state index contributed by atoms with van der Waals surface area (Å²) >= 11 is 0. The molecule has 0 radical (unpaired) electrons. The summed E-state index contributed by atoms with van der Waals surface area (Å²) in [4.78, 5) is 37.4. The number of rotatable bonds is 5. The predicted molar refractivity (Wildman–Crippen MR) is 104 cm³/mol. The van der Waals surface area contributed by atoms with Crippen molar-refractivity contribution < 1.29 is 14.3 Å². The van der Waals surface area contributed by atoms with Crippen LogP contribution in [0.25, 0.3) is 10.8 Å². The first kappa shape index (κ1) is 18.2. The molecule has 1 aromatic carbocycles. The van der Waals surface area contributed by atoms with Gasteiger partial charge in [-0.1, -0.05) is 18.2 Å². The van der Waals surface area contributed by atoms with Gasteiger partial charge in [0.05, 0.1) is 5.39 Å². The van der Waals surface area contributed by atoms with E-state index in [4.69, 9.17) is 4.74 Å². The summed E-state index contributed by atoms with van der Waals surface area (Å²) in [6, 6.07) is 9.05. The maximum absolute atomic E-state index is 12.6. The molecular weight excluding hydrogens is 358 g/mol. The number of ketones is 1. The molecule has 1 fully saturated rings. The normalized spacial score (nSPS) is 13.7. The summed E-state index contributed by atoms with van der Waals surface area (Å²) in [5, 5.41) is 4.83. The number of nitrogens with zero attached hydrogens (tertiary/aromatic N) is 3. The molecule has 7 nitrogen and oxygen atoms in total. The van der Waals surface area contributed by atoms with Crippen molar-refractivity contribution in [3.63, 3.8) is 0 Å². The summed E-state index contributed by atoms with van der Waals surface area (Å²) in [5.41, 5.74) is 2.26. The fraction of sp³-hybridized carbons (Fsp3) is 0.333. The highest BCUT2D eigenvalue weighted by Crippen LogP contribution is 2.38. The summed E-state index contributed by atoms with van der Waals surface area (Å²) in [6.07, 6.45) is 2.26. The molecule has 0 saturated heterocycles. The van der Waals surface area contributed by atoms with Gasteiger partial charge in [0.25, 0.3) is 5.56 Å². The Morgan fingerprint density at radius 1 is 1.18 bits per heavy atom. The van der Waals surface area contributed by atoms with E-state index < -0.39 is 5.97 Å². The van der Waals surface area contributed by atoms with Gasteiger partial charge < -0.3 is 9.30 Å². The minimum atomic E-state index is -0.726. The molecule has 0 aliphatic heterocycles. The van der Waals surface area contributed by atoms with Gasteiger partial charge in [-0.3, -0.25) is 9.59 Å². The summed E-state index contributed by atoms with van der Waals surface area (Å²) < 4.78 is 8.53. The lowest BCUT2D eigenvalue weighted by atomic mass is 10.1. The van der Waals surface area contributed by atoms with Crippen molar-refractivity contribution in [2.45, 2.75) is 32.7 Å². The first-order valence-electron chi connectivity index (χ1n) is 9.23. The average molecular weight is 379 g/mol. The van der Waals surface area contributed by atoms with Crippen LogP contribution in [0.2, 0.25) is 0 Å². The molecule has 0 atom stereocenters. The molecule has 0 amide bonds. The second-order valence-electron chi connectivity index (χ2n) is 7.21. The highest BCUT2D eigenvalue weighted by molar-refractivity contribution is 6.04. The van der Waals surface area contributed by atoms with Crippen LogP contribution in [0.15, 0.2) is 35.1 Å². The molecule has 7 heteroatoms. The maximum Gasteiger partial charge on any atom is 0.359 e. The van der Waals surface area contributed by atoms with E-state index in [2.05, 4.69) is 9.67 Å². The fourth-order valence-electron chi connectivity index (χ4n) is 3.68. The molecule has 0 bridgehead atoms. The van der Waals surface area contributed by atoms with E-state index in [1.807, 2.05) is 19.9 Å². The van der Waals surface area contributed by atoms with Crippen LogP contribution in [-0.2, 0) is 11.8 Å². The van der Waals surface area contributed by atoms with Crippen molar-refractivity contribution in [1.82, 2.24) is 14.3 Å². The Balaban J connectivity index is 1.56. The van der Waals surface area contributed by atoms with Crippen molar-refractivity contribution in [1.29, 1.82) is 0 Å². The standard InChI is InChI=1S/C21H21N3O4/c1-12-10-17(13(2)24(12)14-8-9-14)18(25)11-28-21(27)19-15-6-4-5-7-16(15)20(26)23(3)22-19/h4-7,10,14H,8-9,11H2,1-3H3. The number of hydrogen-bond acceptors (Lipinski definition) is 5. The fourth-order valence-corrected chi connectivity index (χ4v) is 3.68. The molecule has 1 aliphatic rings. The number of Topliss-reactive ketones (excluding diaryl/α,β-unsaturated/α-hetero) is 1. The molecule has 28 heavy (non-hydrogen) atoms. The van der Waals surface area contributed by atoms with E-state index in [1.165, 1.54) is 7.05 Å². The highest BCUT2D eigenvalue weighted by atomic mass is 16.5. The third-order valence-electron chi connectivity index (χ3n) is 5.18. The Labute approximate surface area is 161 Å². The molecule has 2 heterocycles. The van der Waals surface area contributed by atoms with Crippen LogP contribution in [-0.4, -0.2) is 32.7 Å². The Morgan fingerprint density at radius 3 is 2.54 bits per heavy atom. The minimum Gasteiger partial charge on any atom is -0.452 e. The summed E-state index contributed by atoms with van der Waals surface area (Å²) in [7, 11) is 1.48. The number of ether oxygens (including phenoxy) is 1. The van der Waals surface area contributed by atoms with Gasteiger partial charge in [0.1, 0.15) is 0 Å². The Morgan fingerprint density at radius 2 is 1.86 bits per heavy atom. The van der Waals surface area contributed by atoms with E-state index in [0.717, 1.165) is 28.9 Å². The van der Waals surface area contributed by atoms with Crippen LogP contribution >= 0.6 is 0 Å². The van der Waals surface area contributed by atoms with Crippen LogP contribution in [0.1, 0.15) is 51.1 Å². The van der Waals surface area contributed by atoms with E-state index in [0.29, 0.717) is 22.4 Å². The molecule has 144 valence electrons. The third kappa shape index (κ3) is 3.02. The molecule has 3 aromatic rings. The van der Waals surface area contributed by atoms with Crippen LogP contribution in [0, 0.1) is 13.8 Å². The van der Waals surface area contributed by atoms with Crippen molar-refractivity contribution in [2.24, 2.45) is 7.05 Å². The number of aromatic nitrogens is 3.